The van der Waals surface area contributed by atoms with Crippen LogP contribution < -0.4 is 4.74 Å². The third-order valence-electron chi connectivity index (χ3n) is 9.15. The molecule has 1 aromatic carbocycles. The summed E-state index contributed by atoms with van der Waals surface area (Å²) in [5.41, 5.74) is 1.32. The van der Waals surface area contributed by atoms with Gasteiger partial charge < -0.3 is 4.74 Å². The Hall–Kier alpha value is -1.57. The van der Waals surface area contributed by atoms with Crippen molar-refractivity contribution >= 4 is 5.97 Å². The summed E-state index contributed by atoms with van der Waals surface area (Å²) in [7, 11) is 0. The molecule has 0 aromatic heterocycles. The van der Waals surface area contributed by atoms with Crippen molar-refractivity contribution in [2.45, 2.75) is 142 Å². The van der Waals surface area contributed by atoms with Gasteiger partial charge in [0.2, 0.25) is 0 Å². The molecule has 0 atom stereocenters. The SMILES string of the molecule is CCCCCCCC1CCC(C(=O)Oc2ccc(CC/C=C/C3CCC(CCCCC)CC3)cc2)CC1. The normalized spacial score (nSPS) is 24.4. The van der Waals surface area contributed by atoms with Crippen LogP contribution in [0.25, 0.3) is 0 Å². The highest BCUT2D eigenvalue weighted by molar-refractivity contribution is 5.75. The molecule has 1 aromatic rings. The zero-order valence-electron chi connectivity index (χ0n) is 24.2. The maximum absolute atomic E-state index is 12.7. The molecule has 37 heavy (non-hydrogen) atoms. The maximum Gasteiger partial charge on any atom is 0.314 e. The third kappa shape index (κ3) is 11.8. The molecule has 2 saturated carbocycles. The number of ether oxygens (including phenoxy) is 1. The van der Waals surface area contributed by atoms with Crippen molar-refractivity contribution in [3.05, 3.63) is 42.0 Å². The molecule has 0 spiro atoms. The summed E-state index contributed by atoms with van der Waals surface area (Å²) in [5.74, 6) is 3.39. The fourth-order valence-corrected chi connectivity index (χ4v) is 6.54. The van der Waals surface area contributed by atoms with E-state index in [4.69, 9.17) is 4.74 Å². The summed E-state index contributed by atoms with van der Waals surface area (Å²) in [6, 6.07) is 8.23. The van der Waals surface area contributed by atoms with Gasteiger partial charge in [0.25, 0.3) is 0 Å². The molecule has 2 heteroatoms. The van der Waals surface area contributed by atoms with Crippen LogP contribution in [0.15, 0.2) is 36.4 Å². The summed E-state index contributed by atoms with van der Waals surface area (Å²) in [4.78, 5) is 12.7. The zero-order chi connectivity index (χ0) is 26.1. The first-order chi connectivity index (χ1) is 18.2. The van der Waals surface area contributed by atoms with Crippen molar-refractivity contribution in [3.63, 3.8) is 0 Å². The number of rotatable bonds is 16. The molecule has 2 fully saturated rings. The highest BCUT2D eigenvalue weighted by Crippen LogP contribution is 2.34. The van der Waals surface area contributed by atoms with Crippen LogP contribution in [0.5, 0.6) is 5.75 Å². The van der Waals surface area contributed by atoms with Gasteiger partial charge in [0.15, 0.2) is 0 Å². The molecular formula is C35H56O2. The van der Waals surface area contributed by atoms with E-state index in [0.717, 1.165) is 43.4 Å². The minimum atomic E-state index is -0.0165. The monoisotopic (exact) mass is 508 g/mol. The number of esters is 1. The van der Waals surface area contributed by atoms with E-state index in [0.29, 0.717) is 5.75 Å². The standard InChI is InChI=1S/C35H56O2/c1-3-5-7-8-10-14-31-21-25-33(26-22-31)35(36)37-34-27-23-32(24-28-34)16-12-11-15-30-19-17-29(18-20-30)13-9-6-4-2/h11,15,23-24,27-31,33H,3-10,12-14,16-22,25-26H2,1-2H3/b15-11+. The molecule has 2 aliphatic carbocycles. The molecule has 0 unspecified atom stereocenters. The van der Waals surface area contributed by atoms with Crippen LogP contribution in [0.2, 0.25) is 0 Å². The van der Waals surface area contributed by atoms with Crippen molar-refractivity contribution in [1.82, 2.24) is 0 Å². The Morgan fingerprint density at radius 2 is 1.32 bits per heavy atom. The van der Waals surface area contributed by atoms with Gasteiger partial charge in [-0.25, -0.2) is 0 Å². The van der Waals surface area contributed by atoms with Crippen LogP contribution in [0.3, 0.4) is 0 Å². The molecule has 0 radical (unpaired) electrons. The van der Waals surface area contributed by atoms with E-state index in [1.54, 1.807) is 0 Å². The molecule has 0 N–H and O–H groups in total. The first-order valence-electron chi connectivity index (χ1n) is 16.1. The molecule has 2 aliphatic rings. The van der Waals surface area contributed by atoms with E-state index in [-0.39, 0.29) is 11.9 Å². The van der Waals surface area contributed by atoms with Gasteiger partial charge in [-0.05, 0) is 99.7 Å². The van der Waals surface area contributed by atoms with Crippen molar-refractivity contribution in [1.29, 1.82) is 0 Å². The molecular weight excluding hydrogens is 452 g/mol. The van der Waals surface area contributed by atoms with Gasteiger partial charge in [-0.2, -0.15) is 0 Å². The third-order valence-corrected chi connectivity index (χ3v) is 9.15. The summed E-state index contributed by atoms with van der Waals surface area (Å²) < 4.78 is 5.76. The first kappa shape index (κ1) is 30.0. The average Bonchev–Trinajstić information content (AvgIpc) is 2.93. The Balaban J connectivity index is 1.27. The van der Waals surface area contributed by atoms with Crippen molar-refractivity contribution in [2.24, 2.45) is 23.7 Å². The number of unbranched alkanes of at least 4 members (excludes halogenated alkanes) is 6. The van der Waals surface area contributed by atoms with E-state index in [1.165, 1.54) is 108 Å². The minimum Gasteiger partial charge on any atom is -0.426 e. The predicted octanol–water partition coefficient (Wildman–Crippen LogP) is 10.6. The molecule has 0 heterocycles. The van der Waals surface area contributed by atoms with Gasteiger partial charge in [-0.3, -0.25) is 4.79 Å². The van der Waals surface area contributed by atoms with Gasteiger partial charge in [-0.1, -0.05) is 102 Å². The van der Waals surface area contributed by atoms with Gasteiger partial charge in [0.1, 0.15) is 5.75 Å². The highest BCUT2D eigenvalue weighted by Gasteiger charge is 2.27. The van der Waals surface area contributed by atoms with Gasteiger partial charge in [0, 0.05) is 0 Å². The van der Waals surface area contributed by atoms with Crippen LogP contribution in [-0.2, 0) is 11.2 Å². The second-order valence-corrected chi connectivity index (χ2v) is 12.2. The van der Waals surface area contributed by atoms with Crippen molar-refractivity contribution < 1.29 is 9.53 Å². The lowest BCUT2D eigenvalue weighted by Crippen LogP contribution is -2.25. The van der Waals surface area contributed by atoms with Crippen LogP contribution >= 0.6 is 0 Å². The zero-order valence-corrected chi connectivity index (χ0v) is 24.2. The largest absolute Gasteiger partial charge is 0.426 e. The smallest absolute Gasteiger partial charge is 0.314 e. The number of carbonyl (C=O) groups is 1. The quantitative estimate of drug-likeness (QED) is 0.0960. The molecule has 2 nitrogen and oxygen atoms in total. The molecule has 3 rings (SSSR count). The predicted molar refractivity (Wildman–Crippen MR) is 158 cm³/mol. The van der Waals surface area contributed by atoms with Gasteiger partial charge in [-0.15, -0.1) is 0 Å². The fraction of sp³-hybridized carbons (Fsp3) is 0.743. The second kappa shape index (κ2) is 17.8. The van der Waals surface area contributed by atoms with Crippen LogP contribution in [-0.4, -0.2) is 5.97 Å². The highest BCUT2D eigenvalue weighted by atomic mass is 16.5. The molecule has 0 bridgehead atoms. The Morgan fingerprint density at radius 1 is 0.757 bits per heavy atom. The van der Waals surface area contributed by atoms with E-state index < -0.39 is 0 Å². The number of carbonyl (C=O) groups excluding carboxylic acids is 1. The summed E-state index contributed by atoms with van der Waals surface area (Å²) in [6.45, 7) is 4.57. The van der Waals surface area contributed by atoms with E-state index in [9.17, 15) is 4.79 Å². The number of aryl methyl sites for hydroxylation is 1. The lowest BCUT2D eigenvalue weighted by Gasteiger charge is -2.27. The van der Waals surface area contributed by atoms with Crippen molar-refractivity contribution in [2.75, 3.05) is 0 Å². The van der Waals surface area contributed by atoms with E-state index in [1.807, 2.05) is 12.1 Å². The molecule has 0 saturated heterocycles. The number of benzene rings is 1. The number of allylic oxidation sites excluding steroid dienone is 2. The summed E-state index contributed by atoms with van der Waals surface area (Å²) in [6.07, 6.45) is 30.8. The van der Waals surface area contributed by atoms with Crippen molar-refractivity contribution in [3.8, 4) is 5.75 Å². The van der Waals surface area contributed by atoms with Gasteiger partial charge in [0.05, 0.1) is 5.92 Å². The average molecular weight is 509 g/mol. The number of hydrogen-bond donors (Lipinski definition) is 0. The lowest BCUT2D eigenvalue weighted by atomic mass is 9.79. The van der Waals surface area contributed by atoms with Crippen LogP contribution in [0, 0.1) is 23.7 Å². The summed E-state index contributed by atoms with van der Waals surface area (Å²) >= 11 is 0. The minimum absolute atomic E-state index is 0.0165. The van der Waals surface area contributed by atoms with Crippen LogP contribution in [0.1, 0.15) is 141 Å². The molecule has 208 valence electrons. The summed E-state index contributed by atoms with van der Waals surface area (Å²) in [5, 5.41) is 0. The molecule has 0 amide bonds. The fourth-order valence-electron chi connectivity index (χ4n) is 6.54. The van der Waals surface area contributed by atoms with Crippen LogP contribution in [0.4, 0.5) is 0 Å². The Labute approximate surface area is 229 Å². The Kier molecular flexibility index (Phi) is 14.5. The lowest BCUT2D eigenvalue weighted by molar-refractivity contribution is -0.140. The second-order valence-electron chi connectivity index (χ2n) is 12.2. The first-order valence-corrected chi connectivity index (χ1v) is 16.1. The Morgan fingerprint density at radius 3 is 1.97 bits per heavy atom. The Bertz CT molecular complexity index is 748. The van der Waals surface area contributed by atoms with E-state index >= 15 is 0 Å². The van der Waals surface area contributed by atoms with Gasteiger partial charge >= 0.3 is 5.97 Å². The topological polar surface area (TPSA) is 26.3 Å². The maximum atomic E-state index is 12.7. The van der Waals surface area contributed by atoms with E-state index in [2.05, 4.69) is 38.1 Å². The molecule has 0 aliphatic heterocycles. The number of hydrogen-bond acceptors (Lipinski definition) is 2.